The first-order valence-corrected chi connectivity index (χ1v) is 6.66. The summed E-state index contributed by atoms with van der Waals surface area (Å²) in [5.74, 6) is -0.922. The number of primary amides is 1. The minimum absolute atomic E-state index is 0. The van der Waals surface area contributed by atoms with Gasteiger partial charge in [-0.1, -0.05) is 0 Å². The number of hydrogen-bond acceptors (Lipinski definition) is 4. The van der Waals surface area contributed by atoms with Gasteiger partial charge in [-0.05, 0) is 34.5 Å². The Kier molecular flexibility index (Phi) is 8.17. The molecule has 1 unspecified atom stereocenters. The summed E-state index contributed by atoms with van der Waals surface area (Å²) in [6.07, 6.45) is 0.613. The Morgan fingerprint density at radius 2 is 2.11 bits per heavy atom. The highest BCUT2D eigenvalue weighted by Gasteiger charge is 2.15. The first-order valence-electron chi connectivity index (χ1n) is 5.05. The van der Waals surface area contributed by atoms with Gasteiger partial charge in [0, 0.05) is 11.4 Å². The molecule has 18 heavy (non-hydrogen) atoms. The highest BCUT2D eigenvalue weighted by atomic mass is 79.9. The fourth-order valence-corrected chi connectivity index (χ4v) is 2.72. The van der Waals surface area contributed by atoms with Crippen molar-refractivity contribution in [2.24, 2.45) is 11.5 Å². The van der Waals surface area contributed by atoms with Gasteiger partial charge in [0.25, 0.3) is 0 Å². The second kappa shape index (κ2) is 8.47. The first kappa shape index (κ1) is 17.4. The number of carbonyl (C=O) groups excluding carboxylic acids is 2. The molecule has 0 radical (unpaired) electrons. The van der Waals surface area contributed by atoms with Gasteiger partial charge in [0.2, 0.25) is 11.8 Å². The first-order chi connectivity index (χ1) is 7.99. The Morgan fingerprint density at radius 3 is 2.61 bits per heavy atom. The molecule has 2 amide bonds. The molecule has 5 nitrogen and oxygen atoms in total. The smallest absolute Gasteiger partial charge is 0.237 e. The van der Waals surface area contributed by atoms with Crippen molar-refractivity contribution in [2.45, 2.75) is 18.9 Å². The molecular formula is C10H15BrClN3O2S. The maximum atomic E-state index is 11.4. The van der Waals surface area contributed by atoms with E-state index >= 15 is 0 Å². The predicted molar refractivity (Wildman–Crippen MR) is 77.8 cm³/mol. The van der Waals surface area contributed by atoms with E-state index in [0.29, 0.717) is 6.54 Å². The molecule has 0 saturated heterocycles. The minimum atomic E-state index is -0.859. The SMILES string of the molecule is Cl.NC(=O)CC(N)C(=O)NCCc1ccc(Br)s1. The lowest BCUT2D eigenvalue weighted by Gasteiger charge is -2.09. The quantitative estimate of drug-likeness (QED) is 0.703. The summed E-state index contributed by atoms with van der Waals surface area (Å²) in [5.41, 5.74) is 10.4. The van der Waals surface area contributed by atoms with Crippen molar-refractivity contribution in [2.75, 3.05) is 6.54 Å². The van der Waals surface area contributed by atoms with Crippen LogP contribution in [-0.2, 0) is 16.0 Å². The van der Waals surface area contributed by atoms with E-state index in [1.165, 1.54) is 4.88 Å². The van der Waals surface area contributed by atoms with Gasteiger partial charge in [-0.2, -0.15) is 0 Å². The van der Waals surface area contributed by atoms with E-state index in [0.717, 1.165) is 10.2 Å². The predicted octanol–water partition coefficient (Wildman–Crippen LogP) is 0.794. The molecule has 1 rings (SSSR count). The van der Waals surface area contributed by atoms with Gasteiger partial charge in [-0.15, -0.1) is 23.7 Å². The summed E-state index contributed by atoms with van der Waals surface area (Å²) in [4.78, 5) is 23.2. The number of amides is 2. The van der Waals surface area contributed by atoms with Crippen LogP contribution in [-0.4, -0.2) is 24.4 Å². The maximum absolute atomic E-state index is 11.4. The molecule has 0 bridgehead atoms. The number of rotatable bonds is 6. The van der Waals surface area contributed by atoms with Gasteiger partial charge in [0.05, 0.1) is 16.2 Å². The van der Waals surface area contributed by atoms with Crippen LogP contribution in [0.2, 0.25) is 0 Å². The molecule has 0 aliphatic rings. The zero-order valence-corrected chi connectivity index (χ0v) is 12.7. The Bertz CT molecular complexity index is 414. The topological polar surface area (TPSA) is 98.2 Å². The summed E-state index contributed by atoms with van der Waals surface area (Å²) in [6, 6.07) is 3.09. The Morgan fingerprint density at radius 1 is 1.44 bits per heavy atom. The van der Waals surface area contributed by atoms with Crippen LogP contribution in [0.1, 0.15) is 11.3 Å². The molecule has 5 N–H and O–H groups in total. The Balaban J connectivity index is 0.00000289. The molecule has 0 aliphatic heterocycles. The van der Waals surface area contributed by atoms with Crippen molar-refractivity contribution in [1.82, 2.24) is 5.32 Å². The third-order valence-electron chi connectivity index (χ3n) is 2.06. The van der Waals surface area contributed by atoms with Crippen LogP contribution in [0.3, 0.4) is 0 Å². The monoisotopic (exact) mass is 355 g/mol. The van der Waals surface area contributed by atoms with Crippen LogP contribution < -0.4 is 16.8 Å². The zero-order chi connectivity index (χ0) is 12.8. The summed E-state index contributed by atoms with van der Waals surface area (Å²) in [5, 5.41) is 2.67. The fraction of sp³-hybridized carbons (Fsp3) is 0.400. The van der Waals surface area contributed by atoms with E-state index in [2.05, 4.69) is 21.2 Å². The van der Waals surface area contributed by atoms with Crippen LogP contribution >= 0.6 is 39.7 Å². The summed E-state index contributed by atoms with van der Waals surface area (Å²) in [7, 11) is 0. The number of halogens is 2. The second-order valence-corrected chi connectivity index (χ2v) is 6.07. The zero-order valence-electron chi connectivity index (χ0n) is 9.52. The highest BCUT2D eigenvalue weighted by Crippen LogP contribution is 2.21. The molecule has 0 aromatic carbocycles. The summed E-state index contributed by atoms with van der Waals surface area (Å²) < 4.78 is 1.06. The largest absolute Gasteiger partial charge is 0.370 e. The molecule has 0 spiro atoms. The van der Waals surface area contributed by atoms with E-state index in [1.807, 2.05) is 12.1 Å². The summed E-state index contributed by atoms with van der Waals surface area (Å²) in [6.45, 7) is 0.498. The lowest BCUT2D eigenvalue weighted by atomic mass is 10.2. The van der Waals surface area contributed by atoms with Crippen LogP contribution in [0, 0.1) is 0 Å². The van der Waals surface area contributed by atoms with Crippen LogP contribution in [0.4, 0.5) is 0 Å². The van der Waals surface area contributed by atoms with Crippen molar-refractivity contribution >= 4 is 51.5 Å². The van der Waals surface area contributed by atoms with Crippen molar-refractivity contribution in [3.63, 3.8) is 0 Å². The molecule has 1 heterocycles. The third kappa shape index (κ3) is 6.34. The highest BCUT2D eigenvalue weighted by molar-refractivity contribution is 9.11. The normalized spacial score (nSPS) is 11.4. The van der Waals surface area contributed by atoms with E-state index in [-0.39, 0.29) is 24.7 Å². The maximum Gasteiger partial charge on any atom is 0.237 e. The lowest BCUT2D eigenvalue weighted by molar-refractivity contribution is -0.126. The van der Waals surface area contributed by atoms with Gasteiger partial charge in [-0.25, -0.2) is 0 Å². The number of nitrogens with one attached hydrogen (secondary N) is 1. The molecule has 1 atom stereocenters. The second-order valence-electron chi connectivity index (χ2n) is 3.52. The van der Waals surface area contributed by atoms with Gasteiger partial charge in [-0.3, -0.25) is 9.59 Å². The van der Waals surface area contributed by atoms with E-state index in [1.54, 1.807) is 11.3 Å². The molecule has 0 fully saturated rings. The molecular weight excluding hydrogens is 342 g/mol. The lowest BCUT2D eigenvalue weighted by Crippen LogP contribution is -2.43. The standard InChI is InChI=1S/C10H14BrN3O2S.ClH/c11-8-2-1-6(17-8)3-4-14-10(16)7(12)5-9(13)15;/h1-2,7H,3-5,12H2,(H2,13,15)(H,14,16);1H. The van der Waals surface area contributed by atoms with E-state index in [4.69, 9.17) is 11.5 Å². The fourth-order valence-electron chi connectivity index (χ4n) is 1.24. The molecule has 1 aromatic heterocycles. The Hall–Kier alpha value is -0.630. The van der Waals surface area contributed by atoms with Crippen molar-refractivity contribution in [1.29, 1.82) is 0 Å². The number of carbonyl (C=O) groups is 2. The van der Waals surface area contributed by atoms with Crippen LogP contribution in [0.5, 0.6) is 0 Å². The molecule has 1 aromatic rings. The number of nitrogens with two attached hydrogens (primary N) is 2. The van der Waals surface area contributed by atoms with Gasteiger partial charge < -0.3 is 16.8 Å². The molecule has 0 saturated carbocycles. The molecule has 8 heteroatoms. The van der Waals surface area contributed by atoms with Crippen LogP contribution in [0.25, 0.3) is 0 Å². The molecule has 102 valence electrons. The van der Waals surface area contributed by atoms with Gasteiger partial charge in [0.15, 0.2) is 0 Å². The average molecular weight is 357 g/mol. The number of hydrogen-bond donors (Lipinski definition) is 3. The van der Waals surface area contributed by atoms with Gasteiger partial charge >= 0.3 is 0 Å². The van der Waals surface area contributed by atoms with Crippen molar-refractivity contribution < 1.29 is 9.59 Å². The third-order valence-corrected chi connectivity index (χ3v) is 3.74. The van der Waals surface area contributed by atoms with Crippen molar-refractivity contribution in [3.8, 4) is 0 Å². The van der Waals surface area contributed by atoms with Gasteiger partial charge in [0.1, 0.15) is 0 Å². The number of thiophene rings is 1. The Labute approximate surface area is 124 Å². The van der Waals surface area contributed by atoms with E-state index < -0.39 is 11.9 Å². The minimum Gasteiger partial charge on any atom is -0.370 e. The van der Waals surface area contributed by atoms with Crippen LogP contribution in [0.15, 0.2) is 15.9 Å². The average Bonchev–Trinajstić information content (AvgIpc) is 2.63. The molecule has 0 aliphatic carbocycles. The van der Waals surface area contributed by atoms with E-state index in [9.17, 15) is 9.59 Å². The van der Waals surface area contributed by atoms with Crippen molar-refractivity contribution in [3.05, 3.63) is 20.8 Å². The summed E-state index contributed by atoms with van der Waals surface area (Å²) >= 11 is 4.98.